The SMILES string of the molecule is CC[C@H](C(=O)N[C@@H](C)CC)N(Cc1ccc(Cl)cc1)C(=O)COc1ccc(F)cc1. The van der Waals surface area contributed by atoms with E-state index in [1.54, 1.807) is 12.1 Å². The Kier molecular flexibility index (Phi) is 9.12. The lowest BCUT2D eigenvalue weighted by molar-refractivity contribution is -0.143. The number of hydrogen-bond donors (Lipinski definition) is 1. The molecule has 0 bridgehead atoms. The number of carbonyl (C=O) groups excluding carboxylic acids is 2. The maximum atomic E-state index is 13.1. The molecule has 0 unspecified atom stereocenters. The van der Waals surface area contributed by atoms with Gasteiger partial charge < -0.3 is 15.0 Å². The first-order valence-corrected chi connectivity index (χ1v) is 10.4. The molecule has 0 radical (unpaired) electrons. The average Bonchev–Trinajstić information content (AvgIpc) is 2.74. The molecule has 2 aromatic carbocycles. The molecule has 7 heteroatoms. The Morgan fingerprint density at radius 2 is 1.70 bits per heavy atom. The first-order valence-electron chi connectivity index (χ1n) is 10.1. The van der Waals surface area contributed by atoms with Crippen LogP contribution >= 0.6 is 11.6 Å². The highest BCUT2D eigenvalue weighted by atomic mass is 35.5. The van der Waals surface area contributed by atoms with Gasteiger partial charge in [-0.05, 0) is 61.7 Å². The van der Waals surface area contributed by atoms with Crippen LogP contribution in [0.1, 0.15) is 39.2 Å². The van der Waals surface area contributed by atoms with Gasteiger partial charge in [0, 0.05) is 17.6 Å². The van der Waals surface area contributed by atoms with Gasteiger partial charge >= 0.3 is 0 Å². The molecular weight excluding hydrogens is 407 g/mol. The molecule has 0 saturated heterocycles. The standard InChI is InChI=1S/C23H28ClFN2O3/c1-4-16(3)26-23(29)21(5-2)27(14-17-6-8-18(24)9-7-17)22(28)15-30-20-12-10-19(25)11-13-20/h6-13,16,21H,4-5,14-15H2,1-3H3,(H,26,29)/t16-,21+/m0/s1. The molecule has 0 aliphatic heterocycles. The number of benzene rings is 2. The minimum atomic E-state index is -0.640. The minimum Gasteiger partial charge on any atom is -0.484 e. The average molecular weight is 435 g/mol. The second-order valence-corrected chi connectivity index (χ2v) is 7.57. The normalized spacial score (nSPS) is 12.7. The summed E-state index contributed by atoms with van der Waals surface area (Å²) in [5.74, 6) is -0.532. The summed E-state index contributed by atoms with van der Waals surface area (Å²) in [4.78, 5) is 27.4. The van der Waals surface area contributed by atoms with Crippen LogP contribution in [-0.2, 0) is 16.1 Å². The Balaban J connectivity index is 2.19. The predicted molar refractivity (Wildman–Crippen MR) is 116 cm³/mol. The first-order chi connectivity index (χ1) is 14.3. The molecule has 2 aromatic rings. The number of halogens is 2. The Morgan fingerprint density at radius 3 is 2.27 bits per heavy atom. The van der Waals surface area contributed by atoms with Gasteiger partial charge in [-0.3, -0.25) is 9.59 Å². The zero-order valence-electron chi connectivity index (χ0n) is 17.5. The van der Waals surface area contributed by atoms with E-state index in [4.69, 9.17) is 16.3 Å². The number of amides is 2. The van der Waals surface area contributed by atoms with Gasteiger partial charge in [0.2, 0.25) is 5.91 Å². The molecule has 0 heterocycles. The number of rotatable bonds is 10. The molecule has 0 aliphatic rings. The maximum absolute atomic E-state index is 13.1. The zero-order valence-corrected chi connectivity index (χ0v) is 18.3. The van der Waals surface area contributed by atoms with E-state index < -0.39 is 6.04 Å². The third-order valence-corrected chi connectivity index (χ3v) is 5.08. The van der Waals surface area contributed by atoms with Crippen molar-refractivity contribution in [3.8, 4) is 5.75 Å². The molecule has 5 nitrogen and oxygen atoms in total. The number of carbonyl (C=O) groups is 2. The van der Waals surface area contributed by atoms with Gasteiger partial charge in [-0.15, -0.1) is 0 Å². The van der Waals surface area contributed by atoms with Crippen molar-refractivity contribution in [1.29, 1.82) is 0 Å². The largest absolute Gasteiger partial charge is 0.484 e. The number of nitrogens with one attached hydrogen (secondary N) is 1. The summed E-state index contributed by atoms with van der Waals surface area (Å²) < 4.78 is 18.6. The van der Waals surface area contributed by atoms with E-state index in [2.05, 4.69) is 5.32 Å². The van der Waals surface area contributed by atoms with E-state index in [-0.39, 0.29) is 36.8 Å². The molecule has 0 saturated carbocycles. The fraction of sp³-hybridized carbons (Fsp3) is 0.391. The predicted octanol–water partition coefficient (Wildman–Crippen LogP) is 4.58. The van der Waals surface area contributed by atoms with Crippen LogP contribution in [0.5, 0.6) is 5.75 Å². The van der Waals surface area contributed by atoms with Crippen molar-refractivity contribution in [3.05, 3.63) is 64.9 Å². The topological polar surface area (TPSA) is 58.6 Å². The highest BCUT2D eigenvalue weighted by Gasteiger charge is 2.29. The van der Waals surface area contributed by atoms with E-state index in [1.165, 1.54) is 29.2 Å². The van der Waals surface area contributed by atoms with Gasteiger partial charge in [0.25, 0.3) is 5.91 Å². The molecule has 2 atom stereocenters. The molecule has 1 N–H and O–H groups in total. The summed E-state index contributed by atoms with van der Waals surface area (Å²) >= 11 is 5.96. The molecule has 162 valence electrons. The highest BCUT2D eigenvalue weighted by molar-refractivity contribution is 6.30. The minimum absolute atomic E-state index is 0.00880. The van der Waals surface area contributed by atoms with Crippen LogP contribution in [-0.4, -0.2) is 35.4 Å². The summed E-state index contributed by atoms with van der Waals surface area (Å²) in [6.07, 6.45) is 1.25. The maximum Gasteiger partial charge on any atom is 0.261 e. The van der Waals surface area contributed by atoms with Crippen LogP contribution in [0.25, 0.3) is 0 Å². The van der Waals surface area contributed by atoms with E-state index in [9.17, 15) is 14.0 Å². The van der Waals surface area contributed by atoms with Crippen molar-refractivity contribution >= 4 is 23.4 Å². The summed E-state index contributed by atoms with van der Waals surface area (Å²) in [5.41, 5.74) is 0.851. The van der Waals surface area contributed by atoms with E-state index in [1.807, 2.05) is 32.9 Å². The van der Waals surface area contributed by atoms with Crippen molar-refractivity contribution in [3.63, 3.8) is 0 Å². The van der Waals surface area contributed by atoms with E-state index in [0.717, 1.165) is 12.0 Å². The van der Waals surface area contributed by atoms with Gasteiger partial charge in [-0.2, -0.15) is 0 Å². The Labute approximate surface area is 182 Å². The Bertz CT molecular complexity index is 827. The number of nitrogens with zero attached hydrogens (tertiary/aromatic N) is 1. The van der Waals surface area contributed by atoms with Crippen molar-refractivity contribution < 1.29 is 18.7 Å². The van der Waals surface area contributed by atoms with Crippen molar-refractivity contribution in [1.82, 2.24) is 10.2 Å². The van der Waals surface area contributed by atoms with Crippen LogP contribution in [0.4, 0.5) is 4.39 Å². The lowest BCUT2D eigenvalue weighted by atomic mass is 10.1. The van der Waals surface area contributed by atoms with Gasteiger partial charge in [-0.1, -0.05) is 37.6 Å². The van der Waals surface area contributed by atoms with Crippen molar-refractivity contribution in [2.75, 3.05) is 6.61 Å². The van der Waals surface area contributed by atoms with E-state index >= 15 is 0 Å². The zero-order chi connectivity index (χ0) is 22.1. The Hall–Kier alpha value is -2.60. The molecule has 0 spiro atoms. The van der Waals surface area contributed by atoms with Crippen LogP contribution < -0.4 is 10.1 Å². The van der Waals surface area contributed by atoms with E-state index in [0.29, 0.717) is 17.2 Å². The molecule has 2 amide bonds. The second-order valence-electron chi connectivity index (χ2n) is 7.13. The van der Waals surface area contributed by atoms with Gasteiger partial charge in [0.15, 0.2) is 6.61 Å². The summed E-state index contributed by atoms with van der Waals surface area (Å²) in [5, 5.41) is 3.55. The third-order valence-electron chi connectivity index (χ3n) is 4.83. The number of ether oxygens (including phenoxy) is 1. The van der Waals surface area contributed by atoms with Gasteiger partial charge in [-0.25, -0.2) is 4.39 Å². The molecular formula is C23H28ClFN2O3. The second kappa shape index (κ2) is 11.6. The molecule has 30 heavy (non-hydrogen) atoms. The van der Waals surface area contributed by atoms with Crippen LogP contribution in [0.3, 0.4) is 0 Å². The lowest BCUT2D eigenvalue weighted by Crippen LogP contribution is -2.51. The summed E-state index contributed by atoms with van der Waals surface area (Å²) in [6.45, 7) is 5.76. The van der Waals surface area contributed by atoms with Crippen molar-refractivity contribution in [2.45, 2.75) is 52.2 Å². The first kappa shape index (κ1) is 23.7. The lowest BCUT2D eigenvalue weighted by Gasteiger charge is -2.31. The quantitative estimate of drug-likeness (QED) is 0.595. The third kappa shape index (κ3) is 7.02. The smallest absolute Gasteiger partial charge is 0.261 e. The van der Waals surface area contributed by atoms with Crippen LogP contribution in [0.2, 0.25) is 5.02 Å². The fourth-order valence-electron chi connectivity index (χ4n) is 2.91. The fourth-order valence-corrected chi connectivity index (χ4v) is 3.03. The van der Waals surface area contributed by atoms with Gasteiger partial charge in [0.05, 0.1) is 0 Å². The van der Waals surface area contributed by atoms with Crippen LogP contribution in [0.15, 0.2) is 48.5 Å². The molecule has 2 rings (SSSR count). The Morgan fingerprint density at radius 1 is 1.07 bits per heavy atom. The molecule has 0 aliphatic carbocycles. The van der Waals surface area contributed by atoms with Crippen molar-refractivity contribution in [2.24, 2.45) is 0 Å². The monoisotopic (exact) mass is 434 g/mol. The highest BCUT2D eigenvalue weighted by Crippen LogP contribution is 2.17. The number of hydrogen-bond acceptors (Lipinski definition) is 3. The summed E-state index contributed by atoms with van der Waals surface area (Å²) in [6, 6.07) is 11.9. The van der Waals surface area contributed by atoms with Crippen LogP contribution in [0, 0.1) is 5.82 Å². The molecule has 0 aromatic heterocycles. The summed E-state index contributed by atoms with van der Waals surface area (Å²) in [7, 11) is 0. The molecule has 0 fully saturated rings. The van der Waals surface area contributed by atoms with Gasteiger partial charge in [0.1, 0.15) is 17.6 Å².